The Hall–Kier alpha value is -2.86. The number of benzene rings is 3. The van der Waals surface area contributed by atoms with E-state index in [0.717, 1.165) is 11.3 Å². The quantitative estimate of drug-likeness (QED) is 0.225. The molecule has 3 aromatic carbocycles. The van der Waals surface area contributed by atoms with Gasteiger partial charge in [-0.1, -0.05) is 83.9 Å². The number of hydrogen-bond donors (Lipinski definition) is 0. The van der Waals surface area contributed by atoms with E-state index >= 15 is 0 Å². The maximum Gasteiger partial charge on any atom is 0.350 e. The first-order chi connectivity index (χ1) is 15.0. The first-order valence-corrected chi connectivity index (χ1v) is 10.9. The molecule has 0 fully saturated rings. The van der Waals surface area contributed by atoms with Crippen LogP contribution in [0, 0.1) is 0 Å². The molecule has 1 heterocycles. The number of Topliss-reactive ketones (excluding diaryl/α,β-unsaturated/α-hetero) is 1. The molecule has 0 saturated carbocycles. The summed E-state index contributed by atoms with van der Waals surface area (Å²) in [6.45, 7) is 0. The molecule has 31 heavy (non-hydrogen) atoms. The number of thiophene rings is 1. The number of ether oxygens (including phenoxy) is 2. The smallest absolute Gasteiger partial charge is 0.350 e. The van der Waals surface area contributed by atoms with Crippen LogP contribution in [-0.2, 0) is 4.74 Å². The molecule has 4 nitrogen and oxygen atoms in total. The molecule has 0 spiro atoms. The number of ketones is 1. The van der Waals surface area contributed by atoms with Crippen LogP contribution in [0.15, 0.2) is 72.8 Å². The van der Waals surface area contributed by atoms with Gasteiger partial charge in [0.2, 0.25) is 5.78 Å². The average Bonchev–Trinajstić information content (AvgIpc) is 3.16. The van der Waals surface area contributed by atoms with Crippen LogP contribution in [0.1, 0.15) is 31.7 Å². The van der Waals surface area contributed by atoms with Crippen LogP contribution in [0.2, 0.25) is 10.0 Å². The summed E-state index contributed by atoms with van der Waals surface area (Å²) in [7, 11) is 1.51. The summed E-state index contributed by atoms with van der Waals surface area (Å²) in [5, 5.41) is 1.22. The monoisotopic (exact) mass is 470 g/mol. The lowest BCUT2D eigenvalue weighted by molar-refractivity contribution is 0.0285. The van der Waals surface area contributed by atoms with E-state index in [0.29, 0.717) is 32.0 Å². The van der Waals surface area contributed by atoms with E-state index in [1.54, 1.807) is 60.7 Å². The van der Waals surface area contributed by atoms with E-state index < -0.39 is 12.1 Å². The lowest BCUT2D eigenvalue weighted by Crippen LogP contribution is -2.20. The van der Waals surface area contributed by atoms with E-state index in [4.69, 9.17) is 32.7 Å². The molecule has 0 aliphatic rings. The largest absolute Gasteiger partial charge is 0.495 e. The van der Waals surface area contributed by atoms with Crippen LogP contribution in [0.4, 0.5) is 0 Å². The zero-order valence-electron chi connectivity index (χ0n) is 16.3. The van der Waals surface area contributed by atoms with Gasteiger partial charge < -0.3 is 9.47 Å². The number of esters is 1. The van der Waals surface area contributed by atoms with Gasteiger partial charge in [-0.25, -0.2) is 4.79 Å². The summed E-state index contributed by atoms with van der Waals surface area (Å²) in [5.74, 6) is -0.537. The number of methoxy groups -OCH3 is 1. The summed E-state index contributed by atoms with van der Waals surface area (Å²) in [6, 6.07) is 21.0. The third-order valence-electron chi connectivity index (χ3n) is 4.73. The highest BCUT2D eigenvalue weighted by molar-refractivity contribution is 7.22. The fourth-order valence-electron chi connectivity index (χ4n) is 3.18. The van der Waals surface area contributed by atoms with Crippen molar-refractivity contribution in [2.24, 2.45) is 0 Å². The molecule has 156 valence electrons. The fourth-order valence-corrected chi connectivity index (χ4v) is 4.95. The molecule has 0 amide bonds. The van der Waals surface area contributed by atoms with E-state index in [-0.39, 0.29) is 15.7 Å². The Bertz CT molecular complexity index is 1250. The molecule has 0 radical (unpaired) electrons. The van der Waals surface area contributed by atoms with Crippen molar-refractivity contribution in [3.8, 4) is 5.75 Å². The minimum Gasteiger partial charge on any atom is -0.495 e. The summed E-state index contributed by atoms with van der Waals surface area (Å²) < 4.78 is 11.6. The van der Waals surface area contributed by atoms with Gasteiger partial charge >= 0.3 is 5.97 Å². The van der Waals surface area contributed by atoms with Gasteiger partial charge in [0.15, 0.2) is 6.10 Å². The van der Waals surface area contributed by atoms with Gasteiger partial charge in [-0.3, -0.25) is 4.79 Å². The van der Waals surface area contributed by atoms with Crippen molar-refractivity contribution < 1.29 is 19.1 Å². The normalized spacial score (nSPS) is 11.8. The highest BCUT2D eigenvalue weighted by atomic mass is 35.5. The van der Waals surface area contributed by atoms with Gasteiger partial charge in [0.05, 0.1) is 16.8 Å². The van der Waals surface area contributed by atoms with Gasteiger partial charge in [-0.15, -0.1) is 11.3 Å². The Balaban J connectivity index is 1.72. The van der Waals surface area contributed by atoms with Crippen molar-refractivity contribution in [1.29, 1.82) is 0 Å². The van der Waals surface area contributed by atoms with Crippen molar-refractivity contribution in [2.45, 2.75) is 6.10 Å². The number of carbonyl (C=O) groups excluding carboxylic acids is 2. The lowest BCUT2D eigenvalue weighted by atomic mass is 10.00. The van der Waals surface area contributed by atoms with Crippen LogP contribution in [0.5, 0.6) is 5.75 Å². The first-order valence-electron chi connectivity index (χ1n) is 9.31. The van der Waals surface area contributed by atoms with Crippen LogP contribution in [0.25, 0.3) is 10.1 Å². The first kappa shape index (κ1) is 21.4. The molecule has 1 atom stereocenters. The van der Waals surface area contributed by atoms with E-state index in [1.807, 2.05) is 12.1 Å². The maximum atomic E-state index is 13.2. The average molecular weight is 471 g/mol. The Morgan fingerprint density at radius 3 is 2.16 bits per heavy atom. The van der Waals surface area contributed by atoms with Crippen molar-refractivity contribution in [2.75, 3.05) is 7.11 Å². The summed E-state index contributed by atoms with van der Waals surface area (Å²) in [6.07, 6.45) is -1.11. The van der Waals surface area contributed by atoms with Crippen molar-refractivity contribution in [3.63, 3.8) is 0 Å². The van der Waals surface area contributed by atoms with Gasteiger partial charge in [-0.2, -0.15) is 0 Å². The van der Waals surface area contributed by atoms with Crippen LogP contribution in [-0.4, -0.2) is 18.9 Å². The van der Waals surface area contributed by atoms with E-state index in [1.165, 1.54) is 7.11 Å². The predicted molar refractivity (Wildman–Crippen MR) is 124 cm³/mol. The number of hydrogen-bond acceptors (Lipinski definition) is 5. The molecule has 0 saturated heterocycles. The van der Waals surface area contributed by atoms with E-state index in [2.05, 4.69) is 0 Å². The van der Waals surface area contributed by atoms with Crippen LogP contribution in [0.3, 0.4) is 0 Å². The van der Waals surface area contributed by atoms with Crippen molar-refractivity contribution >= 4 is 56.4 Å². The maximum absolute atomic E-state index is 13.2. The summed E-state index contributed by atoms with van der Waals surface area (Å²) in [4.78, 5) is 26.4. The van der Waals surface area contributed by atoms with Crippen molar-refractivity contribution in [1.82, 2.24) is 0 Å². The number of fused-ring (bicyclic) bond motifs is 1. The molecular formula is C24H16Cl2O4S. The molecule has 0 aliphatic heterocycles. The zero-order valence-corrected chi connectivity index (χ0v) is 18.6. The summed E-state index contributed by atoms with van der Waals surface area (Å²) >= 11 is 14.0. The molecule has 4 rings (SSSR count). The second-order valence-corrected chi connectivity index (χ2v) is 8.41. The number of halogens is 2. The Kier molecular flexibility index (Phi) is 6.28. The molecule has 0 N–H and O–H groups in total. The Labute approximate surface area is 192 Å². The van der Waals surface area contributed by atoms with E-state index in [9.17, 15) is 9.59 Å². The standard InChI is InChI=1S/C24H16Cl2O4S/c1-29-17-13-12-16-18(25)23(31-22(16)19(17)26)24(28)30-21(15-10-6-3-7-11-15)20(27)14-8-4-2-5-9-14/h2-13,21H,1H3/t21-/m1/s1. The molecular weight excluding hydrogens is 455 g/mol. The molecule has 0 aliphatic carbocycles. The second kappa shape index (κ2) is 9.10. The van der Waals surface area contributed by atoms with Gasteiger partial charge in [-0.05, 0) is 12.1 Å². The third kappa shape index (κ3) is 4.17. The highest BCUT2D eigenvalue weighted by Gasteiger charge is 2.29. The SMILES string of the molecule is COc1ccc2c(Cl)c(C(=O)O[C@@H](C(=O)c3ccccc3)c3ccccc3)sc2c1Cl. The van der Waals surface area contributed by atoms with Crippen molar-refractivity contribution in [3.05, 3.63) is 98.8 Å². The molecule has 4 aromatic rings. The van der Waals surface area contributed by atoms with Crippen LogP contribution < -0.4 is 4.74 Å². The van der Waals surface area contributed by atoms with Gasteiger partial charge in [0.1, 0.15) is 15.6 Å². The van der Waals surface area contributed by atoms with Gasteiger partial charge in [0, 0.05) is 16.5 Å². The minimum atomic E-state index is -1.11. The third-order valence-corrected chi connectivity index (χ3v) is 6.93. The molecule has 7 heteroatoms. The zero-order chi connectivity index (χ0) is 22.0. The van der Waals surface area contributed by atoms with Gasteiger partial charge in [0.25, 0.3) is 0 Å². The second-order valence-electron chi connectivity index (χ2n) is 6.63. The Morgan fingerprint density at radius 2 is 1.52 bits per heavy atom. The molecule has 0 unspecified atom stereocenters. The molecule has 0 bridgehead atoms. The summed E-state index contributed by atoms with van der Waals surface area (Å²) in [5.41, 5.74) is 1.01. The minimum absolute atomic E-state index is 0.175. The predicted octanol–water partition coefficient (Wildman–Crippen LogP) is 7.00. The topological polar surface area (TPSA) is 52.6 Å². The highest BCUT2D eigenvalue weighted by Crippen LogP contribution is 2.43. The number of rotatable bonds is 6. The van der Waals surface area contributed by atoms with Crippen LogP contribution >= 0.6 is 34.5 Å². The lowest BCUT2D eigenvalue weighted by Gasteiger charge is -2.17. The molecule has 1 aromatic heterocycles. The Morgan fingerprint density at radius 1 is 0.871 bits per heavy atom. The fraction of sp³-hybridized carbons (Fsp3) is 0.0833. The number of carbonyl (C=O) groups is 2.